The fourth-order valence-electron chi connectivity index (χ4n) is 2.49. The van der Waals surface area contributed by atoms with E-state index in [1.807, 2.05) is 0 Å². The molecule has 9 nitrogen and oxygen atoms in total. The molecule has 0 aromatic rings. The first kappa shape index (κ1) is 17.0. The maximum Gasteiger partial charge on any atom is 0.187 e. The molecule has 9 heteroatoms. The summed E-state index contributed by atoms with van der Waals surface area (Å²) in [4.78, 5) is 0. The van der Waals surface area contributed by atoms with Crippen LogP contribution < -0.4 is 0 Å². The predicted octanol–water partition coefficient (Wildman–Crippen LogP) is -3.34. The normalized spacial score (nSPS) is 55.4. The van der Waals surface area contributed by atoms with Crippen molar-refractivity contribution in [3.05, 3.63) is 0 Å². The zero-order valence-electron chi connectivity index (χ0n) is 11.7. The van der Waals surface area contributed by atoms with Gasteiger partial charge in [-0.05, 0) is 13.8 Å². The summed E-state index contributed by atoms with van der Waals surface area (Å²) >= 11 is 0. The Morgan fingerprint density at radius 1 is 0.667 bits per heavy atom. The minimum Gasteiger partial charge on any atom is -0.388 e. The third-order valence-corrected chi connectivity index (χ3v) is 3.90. The molecule has 0 amide bonds. The fraction of sp³-hybridized carbons (Fsp3) is 1.00. The summed E-state index contributed by atoms with van der Waals surface area (Å²) in [6.07, 6.45) is -12.8. The van der Waals surface area contributed by atoms with E-state index in [4.69, 9.17) is 14.2 Å². The van der Waals surface area contributed by atoms with Gasteiger partial charge < -0.3 is 44.8 Å². The van der Waals surface area contributed by atoms with Crippen molar-refractivity contribution < 1.29 is 44.8 Å². The van der Waals surface area contributed by atoms with Crippen LogP contribution >= 0.6 is 0 Å². The van der Waals surface area contributed by atoms with Crippen LogP contribution in [0.5, 0.6) is 0 Å². The quantitative estimate of drug-likeness (QED) is 0.308. The molecule has 2 rings (SSSR count). The Balaban J connectivity index is 2.06. The van der Waals surface area contributed by atoms with Crippen molar-refractivity contribution in [2.45, 2.75) is 75.3 Å². The number of aliphatic hydroxyl groups is 6. The average Bonchev–Trinajstić information content (AvgIpc) is 2.44. The standard InChI is InChI=1S/C12H22O9/c1-3-5(13)6(14)9(17)12(20-3)21-10-4(2)19-11(18)8(16)7(10)15/h3-18H,1-2H3/t3-,4-,5-,6+,7-,8+,9+,10-,11+,12+/m1/s1. The van der Waals surface area contributed by atoms with E-state index in [9.17, 15) is 30.6 Å². The van der Waals surface area contributed by atoms with Crippen molar-refractivity contribution in [3.63, 3.8) is 0 Å². The van der Waals surface area contributed by atoms with Crippen LogP contribution in [0.1, 0.15) is 13.8 Å². The van der Waals surface area contributed by atoms with Crippen LogP contribution in [0.4, 0.5) is 0 Å². The highest BCUT2D eigenvalue weighted by atomic mass is 16.7. The van der Waals surface area contributed by atoms with Crippen LogP contribution in [-0.4, -0.2) is 92.1 Å². The Labute approximate surface area is 121 Å². The molecule has 0 radical (unpaired) electrons. The number of hydrogen-bond donors (Lipinski definition) is 6. The molecule has 10 atom stereocenters. The first-order chi connectivity index (χ1) is 9.73. The van der Waals surface area contributed by atoms with Crippen LogP contribution in [0, 0.1) is 0 Å². The molecule has 2 aliphatic heterocycles. The fourth-order valence-corrected chi connectivity index (χ4v) is 2.49. The van der Waals surface area contributed by atoms with Gasteiger partial charge in [0.1, 0.15) is 36.6 Å². The lowest BCUT2D eigenvalue weighted by atomic mass is 9.98. The first-order valence-electron chi connectivity index (χ1n) is 6.78. The smallest absolute Gasteiger partial charge is 0.187 e. The van der Waals surface area contributed by atoms with E-state index < -0.39 is 61.4 Å². The van der Waals surface area contributed by atoms with Crippen LogP contribution in [0.25, 0.3) is 0 Å². The molecule has 21 heavy (non-hydrogen) atoms. The maximum absolute atomic E-state index is 9.91. The minimum atomic E-state index is -1.57. The second-order valence-corrected chi connectivity index (χ2v) is 5.50. The van der Waals surface area contributed by atoms with Gasteiger partial charge in [0, 0.05) is 0 Å². The van der Waals surface area contributed by atoms with Gasteiger partial charge in [-0.3, -0.25) is 0 Å². The average molecular weight is 310 g/mol. The minimum absolute atomic E-state index is 0.784. The van der Waals surface area contributed by atoms with Gasteiger partial charge in [-0.15, -0.1) is 0 Å². The van der Waals surface area contributed by atoms with Crippen LogP contribution in [0.2, 0.25) is 0 Å². The van der Waals surface area contributed by atoms with Gasteiger partial charge in [0.05, 0.1) is 12.2 Å². The zero-order valence-corrected chi connectivity index (χ0v) is 11.7. The molecule has 2 saturated heterocycles. The monoisotopic (exact) mass is 310 g/mol. The number of aliphatic hydroxyl groups excluding tert-OH is 6. The topological polar surface area (TPSA) is 149 Å². The summed E-state index contributed by atoms with van der Waals surface area (Å²) in [5.74, 6) is 0. The maximum atomic E-state index is 9.91. The lowest BCUT2D eigenvalue weighted by molar-refractivity contribution is -0.348. The Hall–Kier alpha value is -0.360. The third-order valence-electron chi connectivity index (χ3n) is 3.90. The van der Waals surface area contributed by atoms with E-state index >= 15 is 0 Å². The Kier molecular flexibility index (Phi) is 5.19. The zero-order chi connectivity index (χ0) is 15.9. The van der Waals surface area contributed by atoms with E-state index in [0.29, 0.717) is 0 Å². The Bertz CT molecular complexity index is 354. The second kappa shape index (κ2) is 6.41. The van der Waals surface area contributed by atoms with E-state index in [-0.39, 0.29) is 0 Å². The third kappa shape index (κ3) is 3.21. The lowest BCUT2D eigenvalue weighted by Crippen LogP contribution is -2.62. The summed E-state index contributed by atoms with van der Waals surface area (Å²) in [6.45, 7) is 3.00. The van der Waals surface area contributed by atoms with Crippen molar-refractivity contribution >= 4 is 0 Å². The number of hydrogen-bond acceptors (Lipinski definition) is 9. The van der Waals surface area contributed by atoms with Gasteiger partial charge >= 0.3 is 0 Å². The molecule has 0 spiro atoms. The van der Waals surface area contributed by atoms with Gasteiger partial charge in [-0.2, -0.15) is 0 Å². The Morgan fingerprint density at radius 2 is 1.29 bits per heavy atom. The molecule has 0 bridgehead atoms. The summed E-state index contributed by atoms with van der Waals surface area (Å²) in [7, 11) is 0. The van der Waals surface area contributed by atoms with Crippen molar-refractivity contribution in [1.29, 1.82) is 0 Å². The number of ether oxygens (including phenoxy) is 3. The van der Waals surface area contributed by atoms with Crippen molar-refractivity contribution in [3.8, 4) is 0 Å². The molecule has 0 saturated carbocycles. The molecule has 0 aliphatic carbocycles. The molecule has 0 unspecified atom stereocenters. The second-order valence-electron chi connectivity index (χ2n) is 5.50. The Morgan fingerprint density at radius 3 is 1.90 bits per heavy atom. The van der Waals surface area contributed by atoms with Crippen molar-refractivity contribution in [1.82, 2.24) is 0 Å². The van der Waals surface area contributed by atoms with E-state index in [1.54, 1.807) is 0 Å². The SMILES string of the molecule is C[C@H]1O[C@@H](O[C@H]2[C@H](O)[C@H](O)[C@@H](O)O[C@@H]2C)[C@@H](O)[C@@H](O)[C@@H]1O. The highest BCUT2D eigenvalue weighted by Crippen LogP contribution is 2.28. The molecule has 124 valence electrons. The van der Waals surface area contributed by atoms with Gasteiger partial charge in [0.25, 0.3) is 0 Å². The number of rotatable bonds is 2. The molecular weight excluding hydrogens is 288 g/mol. The van der Waals surface area contributed by atoms with Gasteiger partial charge in [0.2, 0.25) is 0 Å². The van der Waals surface area contributed by atoms with Gasteiger partial charge in [0.15, 0.2) is 12.6 Å². The van der Waals surface area contributed by atoms with Crippen molar-refractivity contribution in [2.75, 3.05) is 0 Å². The molecule has 0 aromatic heterocycles. The van der Waals surface area contributed by atoms with Gasteiger partial charge in [-0.1, -0.05) is 0 Å². The predicted molar refractivity (Wildman–Crippen MR) is 65.8 cm³/mol. The molecule has 2 heterocycles. The summed E-state index contributed by atoms with van der Waals surface area (Å²) in [5.41, 5.74) is 0. The summed E-state index contributed by atoms with van der Waals surface area (Å²) in [5, 5.41) is 58.0. The van der Waals surface area contributed by atoms with Crippen molar-refractivity contribution in [2.24, 2.45) is 0 Å². The molecule has 2 aliphatic rings. The summed E-state index contributed by atoms with van der Waals surface area (Å²) < 4.78 is 15.6. The highest BCUT2D eigenvalue weighted by molar-refractivity contribution is 4.91. The van der Waals surface area contributed by atoms with E-state index in [0.717, 1.165) is 0 Å². The van der Waals surface area contributed by atoms with Gasteiger partial charge in [-0.25, -0.2) is 0 Å². The van der Waals surface area contributed by atoms with Crippen LogP contribution in [-0.2, 0) is 14.2 Å². The largest absolute Gasteiger partial charge is 0.388 e. The molecule has 0 aromatic carbocycles. The van der Waals surface area contributed by atoms with Crippen LogP contribution in [0.15, 0.2) is 0 Å². The molecule has 6 N–H and O–H groups in total. The molecular formula is C12H22O9. The first-order valence-corrected chi connectivity index (χ1v) is 6.78. The lowest BCUT2D eigenvalue weighted by Gasteiger charge is -2.44. The summed E-state index contributed by atoms with van der Waals surface area (Å²) in [6, 6.07) is 0. The van der Waals surface area contributed by atoms with E-state index in [1.165, 1.54) is 13.8 Å². The highest BCUT2D eigenvalue weighted by Gasteiger charge is 2.48. The molecule has 2 fully saturated rings. The van der Waals surface area contributed by atoms with E-state index in [2.05, 4.69) is 0 Å². The van der Waals surface area contributed by atoms with Crippen LogP contribution in [0.3, 0.4) is 0 Å².